The first-order valence-corrected chi connectivity index (χ1v) is 9.38. The molecule has 0 saturated carbocycles. The number of fused-ring (bicyclic) bond motifs is 2. The fourth-order valence-corrected chi connectivity index (χ4v) is 3.57. The van der Waals surface area contributed by atoms with E-state index in [1.807, 2.05) is 48.5 Å². The molecule has 1 fully saturated rings. The van der Waals surface area contributed by atoms with E-state index in [-0.39, 0.29) is 12.5 Å². The van der Waals surface area contributed by atoms with Gasteiger partial charge < -0.3 is 10.2 Å². The molecule has 0 aliphatic carbocycles. The summed E-state index contributed by atoms with van der Waals surface area (Å²) in [5.74, 6) is 1.02. The van der Waals surface area contributed by atoms with Crippen molar-refractivity contribution < 1.29 is 4.79 Å². The van der Waals surface area contributed by atoms with E-state index in [0.29, 0.717) is 5.82 Å². The molecule has 2 aromatic heterocycles. The molecule has 8 heteroatoms. The summed E-state index contributed by atoms with van der Waals surface area (Å²) in [7, 11) is 0. The fraction of sp³-hybridized carbons (Fsp3) is 0.250. The molecule has 1 aliphatic rings. The molecule has 3 heterocycles. The average Bonchev–Trinajstić information content (AvgIpc) is 3.38. The highest BCUT2D eigenvalue weighted by atomic mass is 16.2. The van der Waals surface area contributed by atoms with E-state index >= 15 is 0 Å². The molecular weight excluding hydrogens is 354 g/mol. The summed E-state index contributed by atoms with van der Waals surface area (Å²) in [5.41, 5.74) is 3.16. The van der Waals surface area contributed by atoms with Crippen LogP contribution in [-0.4, -0.2) is 44.0 Å². The zero-order valence-electron chi connectivity index (χ0n) is 15.2. The van der Waals surface area contributed by atoms with Crippen LogP contribution in [-0.2, 0) is 11.3 Å². The largest absolute Gasteiger partial charge is 0.354 e. The molecule has 1 N–H and O–H groups in total. The van der Waals surface area contributed by atoms with Gasteiger partial charge in [0.15, 0.2) is 11.6 Å². The van der Waals surface area contributed by atoms with Crippen LogP contribution in [0.25, 0.3) is 22.1 Å². The van der Waals surface area contributed by atoms with Gasteiger partial charge in [0.05, 0.1) is 16.6 Å². The second kappa shape index (κ2) is 6.88. The minimum absolute atomic E-state index is 0.0639. The molecule has 0 spiro atoms. The maximum atomic E-state index is 12.7. The van der Waals surface area contributed by atoms with Crippen molar-refractivity contribution in [2.45, 2.75) is 19.4 Å². The number of nitrogens with zero attached hydrogens (tertiary/aromatic N) is 6. The minimum Gasteiger partial charge on any atom is -0.354 e. The van der Waals surface area contributed by atoms with Gasteiger partial charge in [0, 0.05) is 13.1 Å². The van der Waals surface area contributed by atoms with E-state index in [1.54, 1.807) is 4.68 Å². The molecule has 0 unspecified atom stereocenters. The van der Waals surface area contributed by atoms with Crippen molar-refractivity contribution in [1.82, 2.24) is 25.0 Å². The van der Waals surface area contributed by atoms with Gasteiger partial charge in [-0.15, -0.1) is 5.10 Å². The minimum atomic E-state index is -0.208. The monoisotopic (exact) mass is 373 g/mol. The van der Waals surface area contributed by atoms with E-state index in [9.17, 15) is 4.79 Å². The summed E-state index contributed by atoms with van der Waals surface area (Å²) in [6, 6.07) is 15.3. The summed E-state index contributed by atoms with van der Waals surface area (Å²) in [6.45, 7) is 1.90. The Labute approximate surface area is 161 Å². The first-order valence-electron chi connectivity index (χ1n) is 9.38. The number of nitrogens with one attached hydrogen (secondary N) is 1. The maximum Gasteiger partial charge on any atom is 0.247 e. The summed E-state index contributed by atoms with van der Waals surface area (Å²) < 4.78 is 1.59. The molecule has 140 valence electrons. The van der Waals surface area contributed by atoms with Crippen molar-refractivity contribution in [2.24, 2.45) is 0 Å². The van der Waals surface area contributed by atoms with E-state index in [1.165, 1.54) is 0 Å². The first-order chi connectivity index (χ1) is 13.8. The van der Waals surface area contributed by atoms with Crippen LogP contribution in [0.5, 0.6) is 0 Å². The SMILES string of the molecule is O=C(Cn1nnc2ccccc21)Nc1nc2ccccc2nc1N1CCCC1. The molecule has 4 aromatic rings. The number of rotatable bonds is 4. The average molecular weight is 373 g/mol. The van der Waals surface area contributed by atoms with E-state index < -0.39 is 0 Å². The molecule has 8 nitrogen and oxygen atoms in total. The van der Waals surface area contributed by atoms with Crippen molar-refractivity contribution in [2.75, 3.05) is 23.3 Å². The lowest BCUT2D eigenvalue weighted by molar-refractivity contribution is -0.116. The summed E-state index contributed by atoms with van der Waals surface area (Å²) >= 11 is 0. The van der Waals surface area contributed by atoms with Gasteiger partial charge in [-0.25, -0.2) is 14.6 Å². The van der Waals surface area contributed by atoms with Gasteiger partial charge in [-0.05, 0) is 37.1 Å². The van der Waals surface area contributed by atoms with Gasteiger partial charge in [-0.2, -0.15) is 0 Å². The van der Waals surface area contributed by atoms with Crippen LogP contribution in [0, 0.1) is 0 Å². The molecule has 0 bridgehead atoms. The summed E-state index contributed by atoms with van der Waals surface area (Å²) in [4.78, 5) is 24.4. The number of carbonyl (C=O) groups is 1. The van der Waals surface area contributed by atoms with E-state index in [2.05, 4.69) is 25.5 Å². The molecule has 1 amide bonds. The van der Waals surface area contributed by atoms with Crippen molar-refractivity contribution in [3.63, 3.8) is 0 Å². The van der Waals surface area contributed by atoms with Crippen LogP contribution in [0.4, 0.5) is 11.6 Å². The topological polar surface area (TPSA) is 88.8 Å². The molecule has 1 saturated heterocycles. The van der Waals surface area contributed by atoms with Gasteiger partial charge in [-0.3, -0.25) is 4.79 Å². The van der Waals surface area contributed by atoms with Crippen LogP contribution in [0.15, 0.2) is 48.5 Å². The van der Waals surface area contributed by atoms with Crippen LogP contribution < -0.4 is 10.2 Å². The Morgan fingerprint density at radius 1 is 0.929 bits per heavy atom. The van der Waals surface area contributed by atoms with Gasteiger partial charge in [-0.1, -0.05) is 29.5 Å². The lowest BCUT2D eigenvalue weighted by Crippen LogP contribution is -2.25. The number of aromatic nitrogens is 5. The first kappa shape index (κ1) is 16.6. The van der Waals surface area contributed by atoms with Crippen LogP contribution in [0.1, 0.15) is 12.8 Å². The third kappa shape index (κ3) is 3.02. The third-order valence-electron chi connectivity index (χ3n) is 4.93. The molecule has 0 atom stereocenters. The summed E-state index contributed by atoms with van der Waals surface area (Å²) in [6.07, 6.45) is 2.24. The Hall–Kier alpha value is -3.55. The highest BCUT2D eigenvalue weighted by Crippen LogP contribution is 2.27. The number of para-hydroxylation sites is 3. The molecular formula is C20H19N7O. The normalized spacial score (nSPS) is 14.1. The van der Waals surface area contributed by atoms with Crippen LogP contribution >= 0.6 is 0 Å². The Bertz CT molecular complexity index is 1160. The molecule has 5 rings (SSSR count). The van der Waals surface area contributed by atoms with Gasteiger partial charge in [0.25, 0.3) is 0 Å². The van der Waals surface area contributed by atoms with Gasteiger partial charge in [0.2, 0.25) is 5.91 Å². The Kier molecular flexibility index (Phi) is 4.08. The van der Waals surface area contributed by atoms with Crippen molar-refractivity contribution in [1.29, 1.82) is 0 Å². The van der Waals surface area contributed by atoms with Crippen molar-refractivity contribution in [3.8, 4) is 0 Å². The predicted octanol–water partition coefficient (Wildman–Crippen LogP) is 2.61. The molecule has 28 heavy (non-hydrogen) atoms. The zero-order chi connectivity index (χ0) is 18.9. The quantitative estimate of drug-likeness (QED) is 0.591. The lowest BCUT2D eigenvalue weighted by Gasteiger charge is -2.20. The molecule has 0 radical (unpaired) electrons. The third-order valence-corrected chi connectivity index (χ3v) is 4.93. The number of hydrogen-bond donors (Lipinski definition) is 1. The number of anilines is 2. The zero-order valence-corrected chi connectivity index (χ0v) is 15.2. The molecule has 1 aliphatic heterocycles. The summed E-state index contributed by atoms with van der Waals surface area (Å²) in [5, 5.41) is 11.1. The van der Waals surface area contributed by atoms with Crippen LogP contribution in [0.3, 0.4) is 0 Å². The highest BCUT2D eigenvalue weighted by molar-refractivity contribution is 5.94. The van der Waals surface area contributed by atoms with E-state index in [4.69, 9.17) is 4.98 Å². The van der Waals surface area contributed by atoms with Crippen LogP contribution in [0.2, 0.25) is 0 Å². The number of amides is 1. The second-order valence-electron chi connectivity index (χ2n) is 6.86. The van der Waals surface area contributed by atoms with Gasteiger partial charge in [0.1, 0.15) is 12.1 Å². The predicted molar refractivity (Wildman–Crippen MR) is 107 cm³/mol. The Morgan fingerprint density at radius 3 is 2.39 bits per heavy atom. The Balaban J connectivity index is 1.46. The number of hydrogen-bond acceptors (Lipinski definition) is 6. The number of benzene rings is 2. The Morgan fingerprint density at radius 2 is 1.61 bits per heavy atom. The highest BCUT2D eigenvalue weighted by Gasteiger charge is 2.21. The van der Waals surface area contributed by atoms with Gasteiger partial charge >= 0.3 is 0 Å². The van der Waals surface area contributed by atoms with Crippen molar-refractivity contribution >= 4 is 39.6 Å². The second-order valence-corrected chi connectivity index (χ2v) is 6.86. The molecule has 2 aromatic carbocycles. The number of carbonyl (C=O) groups excluding carboxylic acids is 1. The standard InChI is InChI=1S/C20H19N7O/c28-18(13-27-17-10-4-3-9-16(17)24-25-27)23-19-20(26-11-5-6-12-26)22-15-8-2-1-7-14(15)21-19/h1-4,7-10H,5-6,11-13H2,(H,21,23,28). The maximum absolute atomic E-state index is 12.7. The fourth-order valence-electron chi connectivity index (χ4n) is 3.57. The van der Waals surface area contributed by atoms with E-state index in [0.717, 1.165) is 53.8 Å². The lowest BCUT2D eigenvalue weighted by atomic mass is 10.3. The van der Waals surface area contributed by atoms with Crippen molar-refractivity contribution in [3.05, 3.63) is 48.5 Å². The smallest absolute Gasteiger partial charge is 0.247 e.